The number of ether oxygens (including phenoxy) is 4. The van der Waals surface area contributed by atoms with E-state index in [9.17, 15) is 4.79 Å². The highest BCUT2D eigenvalue weighted by atomic mass is 35.5. The summed E-state index contributed by atoms with van der Waals surface area (Å²) >= 11 is 6.22. The van der Waals surface area contributed by atoms with Crippen molar-refractivity contribution in [3.63, 3.8) is 0 Å². The normalized spacial score (nSPS) is 10.6. The summed E-state index contributed by atoms with van der Waals surface area (Å²) in [6.07, 6.45) is 3.09. The number of amides is 1. The van der Waals surface area contributed by atoms with Crippen LogP contribution in [0.15, 0.2) is 36.4 Å². The van der Waals surface area contributed by atoms with Crippen LogP contribution in [0.1, 0.15) is 18.1 Å². The summed E-state index contributed by atoms with van der Waals surface area (Å²) in [5.41, 5.74) is 1.54. The number of hydrogen-bond donors (Lipinski definition) is 1. The summed E-state index contributed by atoms with van der Waals surface area (Å²) in [6.45, 7) is 2.65. The molecule has 2 aromatic carbocycles. The molecule has 7 heteroatoms. The Bertz CT molecular complexity index is 851. The average molecular weight is 406 g/mol. The van der Waals surface area contributed by atoms with E-state index in [0.717, 1.165) is 11.1 Å². The van der Waals surface area contributed by atoms with Crippen molar-refractivity contribution in [3.8, 4) is 23.0 Å². The predicted molar refractivity (Wildman–Crippen MR) is 110 cm³/mol. The van der Waals surface area contributed by atoms with Crippen molar-refractivity contribution in [2.24, 2.45) is 0 Å². The quantitative estimate of drug-likeness (QED) is 0.636. The molecule has 0 unspecified atom stereocenters. The molecule has 150 valence electrons. The van der Waals surface area contributed by atoms with E-state index in [1.54, 1.807) is 44.6 Å². The second-order valence-electron chi connectivity index (χ2n) is 5.70. The Balaban J connectivity index is 2.08. The summed E-state index contributed by atoms with van der Waals surface area (Å²) in [5.74, 6) is 2.11. The molecule has 1 amide bonds. The van der Waals surface area contributed by atoms with E-state index in [1.165, 1.54) is 13.2 Å². The Hall–Kier alpha value is -2.86. The van der Waals surface area contributed by atoms with Crippen LogP contribution in [0, 0.1) is 0 Å². The van der Waals surface area contributed by atoms with E-state index < -0.39 is 0 Å². The zero-order chi connectivity index (χ0) is 20.5. The highest BCUT2D eigenvalue weighted by molar-refractivity contribution is 6.32. The average Bonchev–Trinajstić information content (AvgIpc) is 2.70. The molecule has 2 rings (SSSR count). The first-order chi connectivity index (χ1) is 13.5. The first kappa shape index (κ1) is 21.4. The number of benzene rings is 2. The van der Waals surface area contributed by atoms with E-state index in [1.807, 2.05) is 13.0 Å². The first-order valence-electron chi connectivity index (χ1n) is 8.69. The molecule has 0 aliphatic heterocycles. The molecule has 0 saturated heterocycles. The van der Waals surface area contributed by atoms with Gasteiger partial charge in [-0.15, -0.1) is 0 Å². The van der Waals surface area contributed by atoms with Crippen molar-refractivity contribution in [1.29, 1.82) is 0 Å². The van der Waals surface area contributed by atoms with Crippen molar-refractivity contribution in [1.82, 2.24) is 5.32 Å². The molecule has 0 fully saturated rings. The zero-order valence-electron chi connectivity index (χ0n) is 16.4. The monoisotopic (exact) mass is 405 g/mol. The molecule has 0 radical (unpaired) electrons. The number of nitrogens with one attached hydrogen (secondary N) is 1. The summed E-state index contributed by atoms with van der Waals surface area (Å²) in [7, 11) is 4.69. The lowest BCUT2D eigenvalue weighted by molar-refractivity contribution is -0.116. The standard InChI is InChI=1S/C21H24ClNO5/c1-5-28-19-11-14(10-17(22)21(19)27-4)6-9-20(24)23-13-15-12-16(25-2)7-8-18(15)26-3/h6-12H,5,13H2,1-4H3,(H,23,24)/b9-6+. The molecule has 0 aromatic heterocycles. The molecule has 2 aromatic rings. The van der Waals surface area contributed by atoms with Gasteiger partial charge in [0.1, 0.15) is 11.5 Å². The van der Waals surface area contributed by atoms with Crippen LogP contribution in [0.2, 0.25) is 5.02 Å². The van der Waals surface area contributed by atoms with E-state index in [2.05, 4.69) is 5.32 Å². The van der Waals surface area contributed by atoms with Crippen molar-refractivity contribution in [2.75, 3.05) is 27.9 Å². The SMILES string of the molecule is CCOc1cc(/C=C/C(=O)NCc2cc(OC)ccc2OC)cc(Cl)c1OC. The topological polar surface area (TPSA) is 66.0 Å². The molecule has 0 saturated carbocycles. The van der Waals surface area contributed by atoms with Crippen molar-refractivity contribution < 1.29 is 23.7 Å². The molecule has 6 nitrogen and oxygen atoms in total. The van der Waals surface area contributed by atoms with Crippen LogP contribution >= 0.6 is 11.6 Å². The van der Waals surface area contributed by atoms with Crippen LogP contribution in [0.3, 0.4) is 0 Å². The van der Waals surface area contributed by atoms with Gasteiger partial charge in [0.25, 0.3) is 0 Å². The summed E-state index contributed by atoms with van der Waals surface area (Å²) in [5, 5.41) is 3.23. The molecule has 0 aliphatic carbocycles. The van der Waals surface area contributed by atoms with Crippen LogP contribution in [-0.2, 0) is 11.3 Å². The third kappa shape index (κ3) is 5.57. The van der Waals surface area contributed by atoms with Gasteiger partial charge in [-0.1, -0.05) is 11.6 Å². The lowest BCUT2D eigenvalue weighted by Gasteiger charge is -2.12. The fourth-order valence-corrected chi connectivity index (χ4v) is 2.87. The second kappa shape index (κ2) is 10.5. The second-order valence-corrected chi connectivity index (χ2v) is 6.10. The number of carbonyl (C=O) groups excluding carboxylic acids is 1. The Morgan fingerprint density at radius 3 is 2.50 bits per heavy atom. The first-order valence-corrected chi connectivity index (χ1v) is 9.07. The zero-order valence-corrected chi connectivity index (χ0v) is 17.1. The number of carbonyl (C=O) groups is 1. The third-order valence-electron chi connectivity index (χ3n) is 3.90. The Morgan fingerprint density at radius 1 is 1.07 bits per heavy atom. The smallest absolute Gasteiger partial charge is 0.244 e. The Kier molecular flexibility index (Phi) is 8.02. The van der Waals surface area contributed by atoms with Crippen molar-refractivity contribution in [2.45, 2.75) is 13.5 Å². The van der Waals surface area contributed by atoms with Gasteiger partial charge in [-0.25, -0.2) is 0 Å². The van der Waals surface area contributed by atoms with Gasteiger partial charge < -0.3 is 24.3 Å². The maximum absolute atomic E-state index is 12.2. The fourth-order valence-electron chi connectivity index (χ4n) is 2.58. The van der Waals surface area contributed by atoms with Gasteiger partial charge >= 0.3 is 0 Å². The van der Waals surface area contributed by atoms with Gasteiger partial charge in [-0.3, -0.25) is 4.79 Å². The highest BCUT2D eigenvalue weighted by Gasteiger charge is 2.11. The van der Waals surface area contributed by atoms with Crippen LogP contribution in [0.25, 0.3) is 6.08 Å². The van der Waals surface area contributed by atoms with Crippen molar-refractivity contribution in [3.05, 3.63) is 52.6 Å². The number of hydrogen-bond acceptors (Lipinski definition) is 5. The Labute approximate surface area is 170 Å². The third-order valence-corrected chi connectivity index (χ3v) is 4.18. The number of halogens is 1. The lowest BCUT2D eigenvalue weighted by Crippen LogP contribution is -2.20. The maximum atomic E-state index is 12.2. The largest absolute Gasteiger partial charge is 0.497 e. The molecule has 0 spiro atoms. The van der Waals surface area contributed by atoms with Crippen LogP contribution in [0.4, 0.5) is 0 Å². The van der Waals surface area contributed by atoms with Gasteiger partial charge in [0, 0.05) is 18.2 Å². The molecule has 0 atom stereocenters. The van der Waals surface area contributed by atoms with Crippen LogP contribution < -0.4 is 24.3 Å². The van der Waals surface area contributed by atoms with E-state index in [4.69, 9.17) is 30.5 Å². The van der Waals surface area contributed by atoms with E-state index in [0.29, 0.717) is 41.2 Å². The molecule has 1 N–H and O–H groups in total. The predicted octanol–water partition coefficient (Wildman–Crippen LogP) is 4.09. The number of methoxy groups -OCH3 is 3. The summed E-state index contributed by atoms with van der Waals surface area (Å²) < 4.78 is 21.3. The van der Waals surface area contributed by atoms with E-state index >= 15 is 0 Å². The van der Waals surface area contributed by atoms with Crippen LogP contribution in [0.5, 0.6) is 23.0 Å². The maximum Gasteiger partial charge on any atom is 0.244 e. The van der Waals surface area contributed by atoms with E-state index in [-0.39, 0.29) is 5.91 Å². The highest BCUT2D eigenvalue weighted by Crippen LogP contribution is 2.36. The van der Waals surface area contributed by atoms with Gasteiger partial charge in [0.2, 0.25) is 5.91 Å². The molecular weight excluding hydrogens is 382 g/mol. The molecular formula is C21H24ClNO5. The molecule has 0 heterocycles. The summed E-state index contributed by atoms with van der Waals surface area (Å²) in [6, 6.07) is 8.89. The van der Waals surface area contributed by atoms with Gasteiger partial charge in [-0.2, -0.15) is 0 Å². The fraction of sp³-hybridized carbons (Fsp3) is 0.286. The van der Waals surface area contributed by atoms with Gasteiger partial charge in [-0.05, 0) is 48.9 Å². The number of rotatable bonds is 9. The Morgan fingerprint density at radius 2 is 1.86 bits per heavy atom. The molecule has 0 aliphatic rings. The lowest BCUT2D eigenvalue weighted by atomic mass is 10.1. The minimum Gasteiger partial charge on any atom is -0.497 e. The van der Waals surface area contributed by atoms with Crippen LogP contribution in [-0.4, -0.2) is 33.8 Å². The van der Waals surface area contributed by atoms with Gasteiger partial charge in [0.05, 0.1) is 33.0 Å². The molecule has 0 bridgehead atoms. The molecule has 28 heavy (non-hydrogen) atoms. The summed E-state index contributed by atoms with van der Waals surface area (Å²) in [4.78, 5) is 12.2. The van der Waals surface area contributed by atoms with Gasteiger partial charge in [0.15, 0.2) is 11.5 Å². The minimum atomic E-state index is -0.255. The van der Waals surface area contributed by atoms with Crippen molar-refractivity contribution >= 4 is 23.6 Å². The minimum absolute atomic E-state index is 0.255.